The van der Waals surface area contributed by atoms with Gasteiger partial charge in [-0.15, -0.1) is 0 Å². The number of thiol groups is 1. The molecule has 8 aromatic rings. The van der Waals surface area contributed by atoms with Crippen LogP contribution in [-0.4, -0.2) is 308 Å². The number of aryl methyl sites for hydroxylation is 2. The summed E-state index contributed by atoms with van der Waals surface area (Å²) < 4.78 is 46.0. The number of anilines is 4. The molecule has 2 aromatic heterocycles. The van der Waals surface area contributed by atoms with Gasteiger partial charge in [0.05, 0.1) is 140 Å². The van der Waals surface area contributed by atoms with Gasteiger partial charge in [0.1, 0.15) is 0 Å². The fraction of sp³-hybridized carbons (Fsp3) is 0.485. The van der Waals surface area contributed by atoms with Crippen LogP contribution >= 0.6 is 12.8 Å². The highest BCUT2D eigenvalue weighted by atomic mass is 32.1. The fourth-order valence-electron chi connectivity index (χ4n) is 16.7. The number of aromatic nitrogens is 2. The molecule has 6 aromatic carbocycles. The predicted octanol–water partition coefficient (Wildman–Crippen LogP) is 12.5. The highest BCUT2D eigenvalue weighted by molar-refractivity contribution is 7.78. The zero-order chi connectivity index (χ0) is 95.0. The molecule has 2 aliphatic carbocycles. The number of pyridine rings is 2. The van der Waals surface area contributed by atoms with Crippen molar-refractivity contribution in [2.75, 3.05) is 253 Å². The lowest BCUT2D eigenvalue weighted by molar-refractivity contribution is -0.132. The van der Waals surface area contributed by atoms with Crippen LogP contribution in [0.2, 0.25) is 0 Å². The quantitative estimate of drug-likeness (QED) is 0.0138. The lowest BCUT2D eigenvalue weighted by Gasteiger charge is -2.26. The van der Waals surface area contributed by atoms with Gasteiger partial charge in [0.15, 0.2) is 0 Å². The van der Waals surface area contributed by atoms with E-state index in [1.54, 1.807) is 116 Å². The number of hydrogen-bond donors (Lipinski definition) is 7. The van der Waals surface area contributed by atoms with Gasteiger partial charge in [-0.2, -0.15) is 0 Å². The lowest BCUT2D eigenvalue weighted by atomic mass is 9.87. The first-order valence-electron chi connectivity index (χ1n) is 47.5. The lowest BCUT2D eigenvalue weighted by Crippen LogP contribution is -2.39. The number of benzene rings is 6. The van der Waals surface area contributed by atoms with Gasteiger partial charge in [-0.25, -0.2) is 0 Å². The number of hydrogen-bond acceptors (Lipinski definition) is 24. The summed E-state index contributed by atoms with van der Waals surface area (Å²) in [5.74, 6) is -1.32. The summed E-state index contributed by atoms with van der Waals surface area (Å²) in [4.78, 5) is 119. The van der Waals surface area contributed by atoms with E-state index in [0.29, 0.717) is 212 Å². The van der Waals surface area contributed by atoms with Gasteiger partial charge in [0, 0.05) is 175 Å². The molecule has 31 heteroatoms. The summed E-state index contributed by atoms with van der Waals surface area (Å²) in [6.45, 7) is 28.0. The Morgan fingerprint density at radius 2 is 0.828 bits per heavy atom. The molecule has 12 rings (SSSR count). The molecule has 2 aliphatic heterocycles. The Balaban J connectivity index is 0.000000291. The Kier molecular flexibility index (Phi) is 46.1. The minimum Gasteiger partial charge on any atom is -0.382 e. The standard InChI is InChI=1S/C60H85N7O12.C42H51N7O3.CH5NS/c1-5-66(6-2)51-18-19-55(53(46-51)56-45-49(20-22-61-56)59(70)62-54-17-10-13-47-12-7-8-16-52(47)54)63-58(69)48-14-9-15-50(44-48)60(71)64(3)25-26-65-23-11-24-67(28-27-65)57(68)21-29-73-32-33-75-36-37-77-40-41-79-43-42-78-39-38-76-35-34-74-31-30-72-4;1-4-49(5-2)34-17-18-38(46-40(50)31-13-8-14-33(27-31)42(52)47(3)25-26-48-23-10-20-43-22-24-48)36(29-34)39-28-32(19-21-44-39)41(51)45-37-16-9-12-30-11-6-7-15-35(30)37;1-2-3/h7-9,12,14-16,18-20,22,44-46,54H,5-6,10-11,13,17,21,23-43H2,1-4H3,(H,62,70)(H,63,69);6-8,11,13-15,17-19,21,27-29,37,43H,4-5,9-10,12,16,20,22-26H2,1-3H3,(H,45,51)(H,46,50);2-3H,1H3. The summed E-state index contributed by atoms with van der Waals surface area (Å²) >= 11 is 3.54. The molecule has 4 aliphatic rings. The molecule has 2 atom stereocenters. The van der Waals surface area contributed by atoms with E-state index in [1.165, 1.54) is 16.7 Å². The van der Waals surface area contributed by atoms with E-state index in [-0.39, 0.29) is 53.4 Å². The number of ether oxygens (including phenoxy) is 8. The van der Waals surface area contributed by atoms with Crippen LogP contribution in [0.1, 0.15) is 169 Å². The van der Waals surface area contributed by atoms with E-state index in [4.69, 9.17) is 42.9 Å². The van der Waals surface area contributed by atoms with Gasteiger partial charge in [-0.05, 0) is 225 Å². The molecule has 134 heavy (non-hydrogen) atoms. The smallest absolute Gasteiger partial charge is 0.255 e. The van der Waals surface area contributed by atoms with Gasteiger partial charge < -0.3 is 93.9 Å². The Labute approximate surface area is 797 Å². The molecule has 2 unspecified atom stereocenters. The second-order valence-corrected chi connectivity index (χ2v) is 33.6. The summed E-state index contributed by atoms with van der Waals surface area (Å²) in [6.07, 6.45) is 11.3. The number of rotatable bonds is 48. The topological polar surface area (TPSA) is 314 Å². The molecule has 0 saturated carbocycles. The van der Waals surface area contributed by atoms with Crippen LogP contribution in [0.15, 0.2) is 170 Å². The number of likely N-dealkylation sites (N-methyl/N-ethyl adjacent to an activating group) is 2. The van der Waals surface area contributed by atoms with Crippen molar-refractivity contribution in [3.8, 4) is 22.5 Å². The predicted molar refractivity (Wildman–Crippen MR) is 530 cm³/mol. The van der Waals surface area contributed by atoms with Crippen LogP contribution < -0.4 is 41.1 Å². The third kappa shape index (κ3) is 33.7. The summed E-state index contributed by atoms with van der Waals surface area (Å²) in [6, 6.07) is 48.8. The first-order valence-corrected chi connectivity index (χ1v) is 48.0. The van der Waals surface area contributed by atoms with E-state index >= 15 is 0 Å². The van der Waals surface area contributed by atoms with E-state index in [9.17, 15) is 33.6 Å². The number of carbonyl (C=O) groups excluding carboxylic acids is 7. The number of nitrogens with zero attached hydrogens (tertiary/aromatic N) is 9. The van der Waals surface area contributed by atoms with Crippen LogP contribution in [0.5, 0.6) is 0 Å². The summed E-state index contributed by atoms with van der Waals surface area (Å²) in [5, 5.41) is 16.1. The molecule has 6 N–H and O–H groups in total. The van der Waals surface area contributed by atoms with Gasteiger partial charge in [-0.3, -0.25) is 53.2 Å². The van der Waals surface area contributed by atoms with E-state index in [1.807, 2.05) is 72.6 Å². The Morgan fingerprint density at radius 3 is 1.27 bits per heavy atom. The number of nitrogens with one attached hydrogen (secondary N) is 6. The number of fused-ring (bicyclic) bond motifs is 2. The maximum Gasteiger partial charge on any atom is 0.255 e. The molecule has 2 fully saturated rings. The molecule has 4 heterocycles. The maximum absolute atomic E-state index is 14.0. The summed E-state index contributed by atoms with van der Waals surface area (Å²) in [5.41, 5.74) is 13.0. The van der Waals surface area contributed by atoms with Crippen LogP contribution in [-0.2, 0) is 55.5 Å². The molecule has 724 valence electrons. The van der Waals surface area contributed by atoms with Gasteiger partial charge in [0.2, 0.25) is 5.91 Å². The molecule has 2 saturated heterocycles. The van der Waals surface area contributed by atoms with Crippen molar-refractivity contribution in [2.24, 2.45) is 0 Å². The molecule has 0 bridgehead atoms. The molecular weight excluding hydrogens is 1720 g/mol. The van der Waals surface area contributed by atoms with Gasteiger partial charge in [-0.1, -0.05) is 73.5 Å². The van der Waals surface area contributed by atoms with Crippen LogP contribution in [0.25, 0.3) is 22.5 Å². The molecule has 7 amide bonds. The Hall–Kier alpha value is -10.6. The second-order valence-electron chi connectivity index (χ2n) is 33.2. The number of methoxy groups -OCH3 is 1. The minimum absolute atomic E-state index is 0.0471. The summed E-state index contributed by atoms with van der Waals surface area (Å²) in [7, 11) is 6.95. The fourth-order valence-corrected chi connectivity index (χ4v) is 16.7. The molecule has 30 nitrogen and oxygen atoms in total. The minimum atomic E-state index is -0.382. The SMILES string of the molecule is CCN(CC)c1ccc(NC(=O)c2cccc(C(=O)N(C)CCN3CCCN(C(=O)CCOCCOCCOCCOCCOCCOCCOCCOC)CC3)c2)c(-c2cc(C(=O)NC3CCCc4ccccc43)ccn2)c1.CCN(CC)c1ccc(NC(=O)c2cccc(C(=O)N(C)CCN3CCCNCC3)c2)c(-c2cc(C(=O)NC3CCCc4ccccc43)ccn2)c1.CNS. The van der Waals surface area contributed by atoms with E-state index in [0.717, 1.165) is 134 Å². The van der Waals surface area contributed by atoms with Crippen molar-refractivity contribution < 1.29 is 71.5 Å². The van der Waals surface area contributed by atoms with Crippen LogP contribution in [0.4, 0.5) is 22.7 Å². The average Bonchev–Trinajstić information content (AvgIpc) is 0.805. The van der Waals surface area contributed by atoms with Crippen LogP contribution in [0.3, 0.4) is 0 Å². The maximum atomic E-state index is 14.0. The molecule has 0 spiro atoms. The zero-order valence-electron chi connectivity index (χ0n) is 79.7. The number of carbonyl (C=O) groups is 7. The first kappa shape index (κ1) is 105. The third-order valence-corrected chi connectivity index (χ3v) is 24.1. The number of amides is 7. The van der Waals surface area contributed by atoms with Crippen molar-refractivity contribution >= 4 is 76.9 Å². The average molecular weight is 1860 g/mol. The van der Waals surface area contributed by atoms with Gasteiger partial charge >= 0.3 is 0 Å². The van der Waals surface area contributed by atoms with Crippen LogP contribution in [0, 0.1) is 0 Å². The van der Waals surface area contributed by atoms with Crippen molar-refractivity contribution in [1.29, 1.82) is 0 Å². The Bertz CT molecular complexity index is 4960. The normalized spacial score (nSPS) is 14.9. The van der Waals surface area contributed by atoms with Gasteiger partial charge in [0.25, 0.3) is 35.4 Å². The van der Waals surface area contributed by atoms with Crippen molar-refractivity contribution in [2.45, 2.75) is 97.6 Å². The van der Waals surface area contributed by atoms with E-state index in [2.05, 4.69) is 121 Å². The molecular formula is C103H141N15O15S. The largest absolute Gasteiger partial charge is 0.382 e. The third-order valence-electron chi connectivity index (χ3n) is 24.1. The second kappa shape index (κ2) is 58.6. The highest BCUT2D eigenvalue weighted by Gasteiger charge is 2.28. The van der Waals surface area contributed by atoms with Crippen molar-refractivity contribution in [1.82, 2.24) is 55.1 Å². The van der Waals surface area contributed by atoms with E-state index < -0.39 is 0 Å². The highest BCUT2D eigenvalue weighted by Crippen LogP contribution is 2.37. The first-order chi connectivity index (χ1) is 65.4. The molecule has 0 radical (unpaired) electrons. The monoisotopic (exact) mass is 1860 g/mol. The van der Waals surface area contributed by atoms with Crippen molar-refractivity contribution in [3.63, 3.8) is 0 Å². The van der Waals surface area contributed by atoms with Crippen molar-refractivity contribution in [3.05, 3.63) is 226 Å². The zero-order valence-corrected chi connectivity index (χ0v) is 80.6. The Morgan fingerprint density at radius 1 is 0.425 bits per heavy atom.